The fraction of sp³-hybridized carbons (Fsp3) is 1.00. The Balaban J connectivity index is 0. The molecule has 0 bridgehead atoms. The molecule has 0 amide bonds. The molecule has 0 radical (unpaired) electrons. The molecule has 24 heavy (non-hydrogen) atoms. The zero-order valence-electron chi connectivity index (χ0n) is 15.1. The average molecular weight is 386 g/mol. The van der Waals surface area contributed by atoms with Gasteiger partial charge >= 0.3 is 16.5 Å². The van der Waals surface area contributed by atoms with Crippen LogP contribution in [-0.2, 0) is 13.4 Å². The maximum Gasteiger partial charge on any atom is 0.745 e. The van der Waals surface area contributed by atoms with Gasteiger partial charge in [0.1, 0.15) is 0 Å². The maximum atomic E-state index is 9.39. The minimum absolute atomic E-state index is 0.373. The Hall–Kier alpha value is 0.0400. The first-order chi connectivity index (χ1) is 11.5. The minimum atomic E-state index is -2.92. The van der Waals surface area contributed by atoms with Crippen LogP contribution in [-0.4, -0.2) is 21.5 Å². The summed E-state index contributed by atoms with van der Waals surface area (Å²) in [6.07, 6.45) is 19.2. The summed E-state index contributed by atoms with van der Waals surface area (Å²) in [5.74, 6) is 0. The molecule has 2 unspecified atom stereocenters. The first kappa shape index (κ1) is 26.3. The third-order valence-electron chi connectivity index (χ3n) is 3.65. The fourth-order valence-corrected chi connectivity index (χ4v) is 2.84. The monoisotopic (exact) mass is 386 g/mol. The van der Waals surface area contributed by atoms with Crippen molar-refractivity contribution >= 4 is 16.5 Å². The van der Waals surface area contributed by atoms with Gasteiger partial charge in [-0.15, -0.1) is 9.79 Å². The lowest BCUT2D eigenvalue weighted by molar-refractivity contribution is 0.282. The molecule has 6 nitrogen and oxygen atoms in total. The highest BCUT2D eigenvalue weighted by molar-refractivity contribution is 7.46. The van der Waals surface area contributed by atoms with E-state index in [4.69, 9.17) is 14.9 Å². The van der Waals surface area contributed by atoms with Crippen molar-refractivity contribution in [3.05, 3.63) is 0 Å². The summed E-state index contributed by atoms with van der Waals surface area (Å²) in [7, 11) is -5.85. The van der Waals surface area contributed by atoms with E-state index < -0.39 is 16.5 Å². The predicted molar refractivity (Wildman–Crippen MR) is 98.1 cm³/mol. The number of hydrogen-bond acceptors (Lipinski definition) is 4. The number of rotatable bonds is 16. The van der Waals surface area contributed by atoms with Gasteiger partial charge < -0.3 is 5.11 Å². The molecule has 3 N–H and O–H groups in total. The van der Waals surface area contributed by atoms with Crippen molar-refractivity contribution in [3.8, 4) is 0 Å². The van der Waals surface area contributed by atoms with Crippen LogP contribution in [0.15, 0.2) is 0 Å². The number of aliphatic hydroxyl groups excluding tert-OH is 1. The molecule has 144 valence electrons. The van der Waals surface area contributed by atoms with E-state index in [1.165, 1.54) is 83.5 Å². The Morgan fingerprint density at radius 1 is 0.625 bits per heavy atom. The van der Waals surface area contributed by atoms with Crippen molar-refractivity contribution < 1.29 is 28.3 Å². The highest BCUT2D eigenvalue weighted by atomic mass is 31.2. The van der Waals surface area contributed by atoms with Crippen molar-refractivity contribution in [1.29, 1.82) is 0 Å². The summed E-state index contributed by atoms with van der Waals surface area (Å²) in [6.45, 7) is 2.65. The van der Waals surface area contributed by atoms with E-state index in [0.717, 1.165) is 6.42 Å². The summed E-state index contributed by atoms with van der Waals surface area (Å²) >= 11 is 0. The Morgan fingerprint density at radius 3 is 1.12 bits per heavy atom. The van der Waals surface area contributed by atoms with Crippen molar-refractivity contribution in [1.82, 2.24) is 0 Å². The first-order valence-corrected chi connectivity index (χ1v) is 11.4. The van der Waals surface area contributed by atoms with Crippen LogP contribution in [0.25, 0.3) is 0 Å². The van der Waals surface area contributed by atoms with Crippen LogP contribution in [0.1, 0.15) is 96.8 Å². The van der Waals surface area contributed by atoms with E-state index in [9.17, 15) is 9.13 Å². The van der Waals surface area contributed by atoms with Crippen molar-refractivity contribution in [3.63, 3.8) is 0 Å². The lowest BCUT2D eigenvalue weighted by Gasteiger charge is -2.02. The molecule has 0 aliphatic carbocycles. The van der Waals surface area contributed by atoms with Gasteiger partial charge in [-0.2, -0.15) is 0 Å². The molecular formula is C16H36O6P2+2. The lowest BCUT2D eigenvalue weighted by atomic mass is 10.0. The van der Waals surface area contributed by atoms with Crippen LogP contribution in [0.3, 0.4) is 0 Å². The second kappa shape index (κ2) is 23.0. The molecule has 0 aliphatic rings. The first-order valence-electron chi connectivity index (χ1n) is 9.15. The van der Waals surface area contributed by atoms with E-state index in [2.05, 4.69) is 11.2 Å². The molecule has 0 aromatic rings. The molecule has 0 aromatic heterocycles. The fourth-order valence-electron chi connectivity index (χ4n) is 2.37. The molecule has 0 saturated heterocycles. The summed E-state index contributed by atoms with van der Waals surface area (Å²) < 4.78 is 22.2. The maximum absolute atomic E-state index is 9.39. The molecule has 8 heteroatoms. The molecule has 0 spiro atoms. The zero-order valence-corrected chi connectivity index (χ0v) is 16.9. The smallest absolute Gasteiger partial charge is 0.396 e. The molecule has 0 saturated carbocycles. The van der Waals surface area contributed by atoms with Gasteiger partial charge in [-0.1, -0.05) is 90.4 Å². The van der Waals surface area contributed by atoms with Crippen LogP contribution in [0.4, 0.5) is 0 Å². The third-order valence-corrected chi connectivity index (χ3v) is 4.77. The summed E-state index contributed by atoms with van der Waals surface area (Å²) in [5, 5.41) is 8.64. The largest absolute Gasteiger partial charge is 0.745 e. The topological polar surface area (TPSA) is 104 Å². The van der Waals surface area contributed by atoms with Gasteiger partial charge in [0, 0.05) is 15.7 Å². The van der Waals surface area contributed by atoms with E-state index in [-0.39, 0.29) is 0 Å². The van der Waals surface area contributed by atoms with Gasteiger partial charge in [-0.3, -0.25) is 0 Å². The lowest BCUT2D eigenvalue weighted by Crippen LogP contribution is -1.84. The average Bonchev–Trinajstić information content (AvgIpc) is 2.51. The van der Waals surface area contributed by atoms with Gasteiger partial charge in [0.15, 0.2) is 4.31 Å². The highest BCUT2D eigenvalue weighted by Crippen LogP contribution is 2.30. The van der Waals surface area contributed by atoms with E-state index in [1.54, 1.807) is 0 Å². The van der Waals surface area contributed by atoms with E-state index in [1.807, 2.05) is 0 Å². The quantitative estimate of drug-likeness (QED) is 0.230. The molecular weight excluding hydrogens is 350 g/mol. The van der Waals surface area contributed by atoms with Crippen LogP contribution >= 0.6 is 16.5 Å². The molecule has 0 rings (SSSR count). The third kappa shape index (κ3) is 30.0. The summed E-state index contributed by atoms with van der Waals surface area (Å²) in [4.78, 5) is 15.3. The second-order valence-electron chi connectivity index (χ2n) is 5.88. The van der Waals surface area contributed by atoms with Gasteiger partial charge in [0.25, 0.3) is 0 Å². The Labute approximate surface area is 148 Å². The number of hydrogen-bond donors (Lipinski definition) is 3. The Kier molecular flexibility index (Phi) is 25.2. The standard InChI is InChI=1S/C16H34O.O5P2/c1-2-3-4-5-6-7-8-9-10-11-12-13-14-15-16-17;1-6(2)5-7(3)4/h17H,2-16H2,1H3;/p+2. The Bertz CT molecular complexity index is 264. The van der Waals surface area contributed by atoms with Crippen LogP contribution in [0.5, 0.6) is 0 Å². The zero-order chi connectivity index (χ0) is 18.5. The number of aliphatic hydroxyl groups is 1. The molecule has 2 atom stereocenters. The van der Waals surface area contributed by atoms with Gasteiger partial charge in [0.2, 0.25) is 0 Å². The van der Waals surface area contributed by atoms with E-state index >= 15 is 0 Å². The molecule has 0 fully saturated rings. The normalized spacial score (nSPS) is 11.7. The molecule has 0 aliphatic heterocycles. The summed E-state index contributed by atoms with van der Waals surface area (Å²) in [6, 6.07) is 0. The summed E-state index contributed by atoms with van der Waals surface area (Å²) in [5.41, 5.74) is 0. The van der Waals surface area contributed by atoms with E-state index in [0.29, 0.717) is 6.61 Å². The molecule has 0 heterocycles. The second-order valence-corrected chi connectivity index (χ2v) is 7.48. The van der Waals surface area contributed by atoms with Gasteiger partial charge in [0.05, 0.1) is 0 Å². The number of unbranched alkanes of at least 4 members (excludes halogenated alkanes) is 13. The van der Waals surface area contributed by atoms with Crippen LogP contribution in [0, 0.1) is 0 Å². The highest BCUT2D eigenvalue weighted by Gasteiger charge is 2.31. The van der Waals surface area contributed by atoms with Crippen molar-refractivity contribution in [2.24, 2.45) is 0 Å². The Morgan fingerprint density at radius 2 is 0.917 bits per heavy atom. The SMILES string of the molecule is CCCCCCCCCCCCCCCCO.O=[P+](O)O[P+](=O)O. The predicted octanol–water partition coefficient (Wildman–Crippen LogP) is 5.76. The van der Waals surface area contributed by atoms with Gasteiger partial charge in [-0.25, -0.2) is 0 Å². The van der Waals surface area contributed by atoms with Crippen molar-refractivity contribution in [2.45, 2.75) is 96.8 Å². The van der Waals surface area contributed by atoms with Crippen molar-refractivity contribution in [2.75, 3.05) is 6.61 Å². The van der Waals surface area contributed by atoms with Gasteiger partial charge in [-0.05, 0) is 6.42 Å². The van der Waals surface area contributed by atoms with Crippen LogP contribution in [0.2, 0.25) is 0 Å². The van der Waals surface area contributed by atoms with Crippen LogP contribution < -0.4 is 0 Å². The minimum Gasteiger partial charge on any atom is -0.396 e. The molecule has 0 aromatic carbocycles.